The molecule has 0 spiro atoms. The van der Waals surface area contributed by atoms with Crippen molar-refractivity contribution in [2.75, 3.05) is 20.7 Å². The Kier molecular flexibility index (Phi) is 5.29. The fourth-order valence-corrected chi connectivity index (χ4v) is 1.66. The molecule has 94 valence electrons. The molecule has 0 bridgehead atoms. The number of alkyl halides is 1. The molecule has 0 heterocycles. The number of ether oxygens (including phenoxy) is 1. The number of nitrogens with zero attached hydrogens (tertiary/aromatic N) is 1. The van der Waals surface area contributed by atoms with Gasteiger partial charge in [0.2, 0.25) is 5.91 Å². The summed E-state index contributed by atoms with van der Waals surface area (Å²) in [5.74, 6) is 0.686. The quantitative estimate of drug-likeness (QED) is 0.758. The van der Waals surface area contributed by atoms with Gasteiger partial charge in [-0.25, -0.2) is 0 Å². The van der Waals surface area contributed by atoms with E-state index in [0.717, 1.165) is 17.7 Å². The minimum atomic E-state index is -0.634. The van der Waals surface area contributed by atoms with Gasteiger partial charge in [0.15, 0.2) is 0 Å². The summed E-state index contributed by atoms with van der Waals surface area (Å²) in [4.78, 5) is 13.1. The van der Waals surface area contributed by atoms with E-state index in [-0.39, 0.29) is 5.91 Å². The van der Waals surface area contributed by atoms with Crippen LogP contribution in [0, 0.1) is 0 Å². The highest BCUT2D eigenvalue weighted by Gasteiger charge is 2.19. The number of amides is 1. The number of hydrogen-bond acceptors (Lipinski definition) is 2. The van der Waals surface area contributed by atoms with Crippen molar-refractivity contribution in [3.05, 3.63) is 29.8 Å². The molecular formula is C13H18ClNO2. The van der Waals surface area contributed by atoms with Crippen LogP contribution in [0.3, 0.4) is 0 Å². The molecule has 3 nitrogen and oxygen atoms in total. The SMILES string of the molecule is CCCOc1ccc(C(Cl)C(=O)N(C)C)cc1. The smallest absolute Gasteiger partial charge is 0.244 e. The molecule has 0 aliphatic rings. The van der Waals surface area contributed by atoms with Gasteiger partial charge in [-0.05, 0) is 24.1 Å². The molecule has 17 heavy (non-hydrogen) atoms. The van der Waals surface area contributed by atoms with Crippen LogP contribution in [0.2, 0.25) is 0 Å². The third-order valence-corrected chi connectivity index (χ3v) is 2.74. The van der Waals surface area contributed by atoms with Crippen molar-refractivity contribution in [2.45, 2.75) is 18.7 Å². The summed E-state index contributed by atoms with van der Waals surface area (Å²) in [6.45, 7) is 2.75. The van der Waals surface area contributed by atoms with Crippen molar-refractivity contribution >= 4 is 17.5 Å². The lowest BCUT2D eigenvalue weighted by Crippen LogP contribution is -2.25. The van der Waals surface area contributed by atoms with E-state index in [1.54, 1.807) is 14.1 Å². The zero-order chi connectivity index (χ0) is 12.8. The lowest BCUT2D eigenvalue weighted by molar-refractivity contribution is -0.128. The molecule has 4 heteroatoms. The molecule has 1 unspecified atom stereocenters. The molecule has 0 aromatic heterocycles. The van der Waals surface area contributed by atoms with Crippen LogP contribution in [0.5, 0.6) is 5.75 Å². The largest absolute Gasteiger partial charge is 0.494 e. The summed E-state index contributed by atoms with van der Waals surface area (Å²) in [6.07, 6.45) is 0.971. The van der Waals surface area contributed by atoms with Gasteiger partial charge >= 0.3 is 0 Å². The van der Waals surface area contributed by atoms with Gasteiger partial charge in [-0.2, -0.15) is 0 Å². The van der Waals surface area contributed by atoms with E-state index < -0.39 is 5.38 Å². The van der Waals surface area contributed by atoms with Gasteiger partial charge in [-0.3, -0.25) is 4.79 Å². The maximum Gasteiger partial charge on any atom is 0.244 e. The van der Waals surface area contributed by atoms with Crippen molar-refractivity contribution in [1.29, 1.82) is 0 Å². The van der Waals surface area contributed by atoms with Gasteiger partial charge < -0.3 is 9.64 Å². The van der Waals surface area contributed by atoms with E-state index in [1.165, 1.54) is 4.90 Å². The topological polar surface area (TPSA) is 29.5 Å². The number of likely N-dealkylation sites (N-methyl/N-ethyl adjacent to an activating group) is 1. The lowest BCUT2D eigenvalue weighted by atomic mass is 10.1. The van der Waals surface area contributed by atoms with Crippen LogP contribution in [0.4, 0.5) is 0 Å². The molecule has 0 aliphatic carbocycles. The maximum absolute atomic E-state index is 11.7. The van der Waals surface area contributed by atoms with E-state index in [2.05, 4.69) is 6.92 Å². The van der Waals surface area contributed by atoms with Crippen molar-refractivity contribution in [1.82, 2.24) is 4.90 Å². The summed E-state index contributed by atoms with van der Waals surface area (Å²) >= 11 is 6.08. The first-order valence-corrected chi connectivity index (χ1v) is 6.08. The molecule has 0 aliphatic heterocycles. The second-order valence-electron chi connectivity index (χ2n) is 4.01. The fraction of sp³-hybridized carbons (Fsp3) is 0.462. The van der Waals surface area contributed by atoms with E-state index in [4.69, 9.17) is 16.3 Å². The van der Waals surface area contributed by atoms with Gasteiger partial charge in [0, 0.05) is 14.1 Å². The fourth-order valence-electron chi connectivity index (χ4n) is 1.32. The van der Waals surface area contributed by atoms with Crippen LogP contribution in [0.25, 0.3) is 0 Å². The summed E-state index contributed by atoms with van der Waals surface area (Å²) < 4.78 is 5.46. The lowest BCUT2D eigenvalue weighted by Gasteiger charge is -2.15. The zero-order valence-electron chi connectivity index (χ0n) is 10.4. The minimum Gasteiger partial charge on any atom is -0.494 e. The molecule has 1 rings (SSSR count). The highest BCUT2D eigenvalue weighted by molar-refractivity contribution is 6.30. The molecule has 0 N–H and O–H groups in total. The Morgan fingerprint density at radius 3 is 2.41 bits per heavy atom. The summed E-state index contributed by atoms with van der Waals surface area (Å²) in [5.41, 5.74) is 0.786. The van der Waals surface area contributed by atoms with Gasteiger partial charge in [0.1, 0.15) is 11.1 Å². The average Bonchev–Trinajstić information content (AvgIpc) is 2.35. The normalized spacial score (nSPS) is 12.0. The van der Waals surface area contributed by atoms with Crippen LogP contribution in [-0.2, 0) is 4.79 Å². The second kappa shape index (κ2) is 6.50. The Morgan fingerprint density at radius 2 is 1.94 bits per heavy atom. The summed E-state index contributed by atoms with van der Waals surface area (Å²) in [7, 11) is 3.38. The number of carbonyl (C=O) groups is 1. The summed E-state index contributed by atoms with van der Waals surface area (Å²) in [6, 6.07) is 7.32. The first kappa shape index (κ1) is 13.8. The van der Waals surface area contributed by atoms with E-state index >= 15 is 0 Å². The van der Waals surface area contributed by atoms with Crippen molar-refractivity contribution < 1.29 is 9.53 Å². The highest BCUT2D eigenvalue weighted by atomic mass is 35.5. The van der Waals surface area contributed by atoms with E-state index in [9.17, 15) is 4.79 Å². The van der Waals surface area contributed by atoms with Crippen LogP contribution >= 0.6 is 11.6 Å². The maximum atomic E-state index is 11.7. The standard InChI is InChI=1S/C13H18ClNO2/c1-4-9-17-11-7-5-10(6-8-11)12(14)13(16)15(2)3/h5-8,12H,4,9H2,1-3H3. The van der Waals surface area contributed by atoms with E-state index in [0.29, 0.717) is 6.61 Å². The minimum absolute atomic E-state index is 0.117. The first-order valence-electron chi connectivity index (χ1n) is 5.64. The Morgan fingerprint density at radius 1 is 1.35 bits per heavy atom. The summed E-state index contributed by atoms with van der Waals surface area (Å²) in [5, 5.41) is -0.634. The monoisotopic (exact) mass is 255 g/mol. The predicted molar refractivity (Wildman–Crippen MR) is 69.5 cm³/mol. The molecule has 0 radical (unpaired) electrons. The van der Waals surface area contributed by atoms with Crippen LogP contribution < -0.4 is 4.74 Å². The molecular weight excluding hydrogens is 238 g/mol. The molecule has 0 saturated carbocycles. The third kappa shape index (κ3) is 3.93. The molecule has 0 saturated heterocycles. The van der Waals surface area contributed by atoms with Crippen molar-refractivity contribution in [3.8, 4) is 5.75 Å². The van der Waals surface area contributed by atoms with Crippen LogP contribution in [-0.4, -0.2) is 31.5 Å². The Balaban J connectivity index is 2.70. The average molecular weight is 256 g/mol. The first-order chi connectivity index (χ1) is 8.06. The molecule has 1 amide bonds. The van der Waals surface area contributed by atoms with Gasteiger partial charge in [-0.1, -0.05) is 19.1 Å². The number of rotatable bonds is 5. The number of carbonyl (C=O) groups excluding carboxylic acids is 1. The van der Waals surface area contributed by atoms with Crippen molar-refractivity contribution in [3.63, 3.8) is 0 Å². The third-order valence-electron chi connectivity index (χ3n) is 2.30. The van der Waals surface area contributed by atoms with Crippen LogP contribution in [0.1, 0.15) is 24.3 Å². The van der Waals surface area contributed by atoms with Gasteiger partial charge in [0.25, 0.3) is 0 Å². The van der Waals surface area contributed by atoms with Gasteiger partial charge in [0.05, 0.1) is 6.61 Å². The van der Waals surface area contributed by atoms with E-state index in [1.807, 2.05) is 24.3 Å². The Bertz CT molecular complexity index is 362. The highest BCUT2D eigenvalue weighted by Crippen LogP contribution is 2.24. The molecule has 0 fully saturated rings. The van der Waals surface area contributed by atoms with Gasteiger partial charge in [-0.15, -0.1) is 11.6 Å². The number of hydrogen-bond donors (Lipinski definition) is 0. The van der Waals surface area contributed by atoms with Crippen LogP contribution in [0.15, 0.2) is 24.3 Å². The number of halogens is 1. The Hall–Kier alpha value is -1.22. The molecule has 1 aromatic carbocycles. The predicted octanol–water partition coefficient (Wildman–Crippen LogP) is 2.84. The Labute approximate surface area is 107 Å². The van der Waals surface area contributed by atoms with Crippen molar-refractivity contribution in [2.24, 2.45) is 0 Å². The zero-order valence-corrected chi connectivity index (χ0v) is 11.2. The molecule has 1 aromatic rings. The second-order valence-corrected chi connectivity index (χ2v) is 4.45. The number of benzene rings is 1. The molecule has 1 atom stereocenters.